The molecule has 0 bridgehead atoms. The van der Waals surface area contributed by atoms with Gasteiger partial charge in [-0.25, -0.2) is 9.50 Å². The molecule has 3 aromatic heterocycles. The molecule has 124 valence electrons. The second-order valence-corrected chi connectivity index (χ2v) is 7.03. The Kier molecular flexibility index (Phi) is 3.72. The van der Waals surface area contributed by atoms with Gasteiger partial charge in [0.15, 0.2) is 5.65 Å². The van der Waals surface area contributed by atoms with Crippen molar-refractivity contribution in [3.8, 4) is 0 Å². The summed E-state index contributed by atoms with van der Waals surface area (Å²) in [6.07, 6.45) is 4.54. The molecule has 3 aromatic rings. The van der Waals surface area contributed by atoms with Crippen LogP contribution < -0.4 is 5.56 Å². The van der Waals surface area contributed by atoms with E-state index >= 15 is 0 Å². The first-order valence-electron chi connectivity index (χ1n) is 8.07. The summed E-state index contributed by atoms with van der Waals surface area (Å²) in [6, 6.07) is 5.14. The fourth-order valence-corrected chi connectivity index (χ4v) is 4.20. The summed E-state index contributed by atoms with van der Waals surface area (Å²) in [5.74, 6) is 0.0447. The zero-order chi connectivity index (χ0) is 16.7. The maximum Gasteiger partial charge on any atom is 0.272 e. The summed E-state index contributed by atoms with van der Waals surface area (Å²) in [4.78, 5) is 32.5. The third-order valence-electron chi connectivity index (χ3n) is 4.56. The maximum atomic E-state index is 13.0. The molecule has 1 aliphatic rings. The van der Waals surface area contributed by atoms with Crippen LogP contribution in [-0.2, 0) is 0 Å². The van der Waals surface area contributed by atoms with Crippen LogP contribution in [0.1, 0.15) is 46.2 Å². The Hall–Kier alpha value is -2.41. The summed E-state index contributed by atoms with van der Waals surface area (Å²) in [6.45, 7) is 2.66. The first-order chi connectivity index (χ1) is 11.6. The molecule has 0 aliphatic carbocycles. The van der Waals surface area contributed by atoms with Gasteiger partial charge in [0.1, 0.15) is 0 Å². The zero-order valence-electron chi connectivity index (χ0n) is 13.4. The van der Waals surface area contributed by atoms with Gasteiger partial charge < -0.3 is 4.90 Å². The number of aryl methyl sites for hydroxylation is 1. The first kappa shape index (κ1) is 15.1. The molecule has 0 aromatic carbocycles. The molecule has 1 unspecified atom stereocenters. The number of likely N-dealkylation sites (tertiary alicyclic amines) is 1. The van der Waals surface area contributed by atoms with Gasteiger partial charge in [0.05, 0.1) is 16.6 Å². The molecular formula is C17H18N4O2S. The van der Waals surface area contributed by atoms with Crippen molar-refractivity contribution in [1.82, 2.24) is 19.5 Å². The number of piperidine rings is 1. The van der Waals surface area contributed by atoms with Crippen LogP contribution in [0.3, 0.4) is 0 Å². The van der Waals surface area contributed by atoms with Crippen molar-refractivity contribution in [3.05, 3.63) is 56.3 Å². The fraction of sp³-hybridized carbons (Fsp3) is 0.353. The predicted molar refractivity (Wildman–Crippen MR) is 92.5 cm³/mol. The van der Waals surface area contributed by atoms with Gasteiger partial charge in [-0.3, -0.25) is 14.7 Å². The first-order valence-corrected chi connectivity index (χ1v) is 8.95. The third kappa shape index (κ3) is 2.45. The third-order valence-corrected chi connectivity index (χ3v) is 5.57. The van der Waals surface area contributed by atoms with Gasteiger partial charge in [-0.1, -0.05) is 0 Å². The molecule has 1 N–H and O–H groups in total. The van der Waals surface area contributed by atoms with Crippen molar-refractivity contribution in [2.75, 3.05) is 6.54 Å². The second-order valence-electron chi connectivity index (χ2n) is 6.12. The van der Waals surface area contributed by atoms with Crippen LogP contribution in [-0.4, -0.2) is 31.9 Å². The van der Waals surface area contributed by atoms with Gasteiger partial charge in [0, 0.05) is 24.9 Å². The van der Waals surface area contributed by atoms with Gasteiger partial charge in [0.25, 0.3) is 11.5 Å². The molecular weight excluding hydrogens is 324 g/mol. The lowest BCUT2D eigenvalue weighted by atomic mass is 9.98. The Morgan fingerprint density at radius 3 is 3.04 bits per heavy atom. The van der Waals surface area contributed by atoms with E-state index in [0.717, 1.165) is 29.7 Å². The molecule has 4 heterocycles. The fourth-order valence-electron chi connectivity index (χ4n) is 3.32. The van der Waals surface area contributed by atoms with E-state index in [1.807, 2.05) is 23.3 Å². The Morgan fingerprint density at radius 1 is 1.38 bits per heavy atom. The van der Waals surface area contributed by atoms with Crippen LogP contribution in [0, 0.1) is 6.92 Å². The van der Waals surface area contributed by atoms with E-state index in [-0.39, 0.29) is 17.5 Å². The average Bonchev–Trinajstić information content (AvgIpc) is 3.23. The van der Waals surface area contributed by atoms with Crippen LogP contribution >= 0.6 is 11.3 Å². The number of nitrogens with one attached hydrogen (secondary N) is 1. The Bertz CT molecular complexity index is 955. The second kappa shape index (κ2) is 5.90. The molecule has 4 rings (SSSR count). The van der Waals surface area contributed by atoms with Crippen LogP contribution in [0.5, 0.6) is 0 Å². The Balaban J connectivity index is 1.74. The smallest absolute Gasteiger partial charge is 0.272 e. The van der Waals surface area contributed by atoms with E-state index < -0.39 is 0 Å². The van der Waals surface area contributed by atoms with E-state index in [0.29, 0.717) is 17.9 Å². The number of hydrogen-bond acceptors (Lipinski definition) is 4. The van der Waals surface area contributed by atoms with Gasteiger partial charge >= 0.3 is 0 Å². The number of hydrogen-bond donors (Lipinski definition) is 1. The summed E-state index contributed by atoms with van der Waals surface area (Å²) >= 11 is 1.47. The number of fused-ring (bicyclic) bond motifs is 1. The molecule has 0 spiro atoms. The van der Waals surface area contributed by atoms with E-state index in [9.17, 15) is 9.59 Å². The number of H-pyrrole nitrogens is 1. The van der Waals surface area contributed by atoms with Crippen molar-refractivity contribution in [3.63, 3.8) is 0 Å². The lowest BCUT2D eigenvalue weighted by molar-refractivity contribution is 0.0610. The minimum absolute atomic E-state index is 0.0447. The quantitative estimate of drug-likeness (QED) is 0.778. The summed E-state index contributed by atoms with van der Waals surface area (Å²) in [5.41, 5.74) is 2.12. The monoisotopic (exact) mass is 342 g/mol. The number of aromatic amines is 1. The number of thiophene rings is 1. The van der Waals surface area contributed by atoms with Gasteiger partial charge in [-0.15, -0.1) is 11.3 Å². The molecule has 7 heteroatoms. The number of amides is 1. The van der Waals surface area contributed by atoms with Crippen LogP contribution in [0.25, 0.3) is 5.65 Å². The Morgan fingerprint density at radius 2 is 2.25 bits per heavy atom. The molecule has 1 atom stereocenters. The average molecular weight is 342 g/mol. The van der Waals surface area contributed by atoms with Gasteiger partial charge in [0.2, 0.25) is 0 Å². The SMILES string of the molecule is Cc1ccsc1C(=O)N1CCCCC1c1cc(=O)n2[nH]ccc2n1. The van der Waals surface area contributed by atoms with Gasteiger partial charge in [-0.2, -0.15) is 0 Å². The number of carbonyl (C=O) groups is 1. The number of nitrogens with zero attached hydrogens (tertiary/aromatic N) is 3. The highest BCUT2D eigenvalue weighted by molar-refractivity contribution is 7.12. The lowest BCUT2D eigenvalue weighted by Gasteiger charge is -2.35. The Labute approximate surface area is 142 Å². The van der Waals surface area contributed by atoms with E-state index in [1.54, 1.807) is 18.3 Å². The molecule has 1 aliphatic heterocycles. The molecule has 6 nitrogen and oxygen atoms in total. The van der Waals surface area contributed by atoms with Crippen molar-refractivity contribution >= 4 is 22.9 Å². The number of carbonyl (C=O) groups excluding carboxylic acids is 1. The van der Waals surface area contributed by atoms with E-state index in [4.69, 9.17) is 0 Å². The molecule has 0 radical (unpaired) electrons. The topological polar surface area (TPSA) is 70.5 Å². The summed E-state index contributed by atoms with van der Waals surface area (Å²) < 4.78 is 1.40. The highest BCUT2D eigenvalue weighted by Gasteiger charge is 2.31. The van der Waals surface area contributed by atoms with Crippen molar-refractivity contribution < 1.29 is 4.79 Å². The highest BCUT2D eigenvalue weighted by atomic mass is 32.1. The summed E-state index contributed by atoms with van der Waals surface area (Å²) in [5, 5.41) is 4.79. The van der Waals surface area contributed by atoms with Crippen LogP contribution in [0.2, 0.25) is 0 Å². The number of aromatic nitrogens is 3. The normalized spacial score (nSPS) is 18.2. The molecule has 1 fully saturated rings. The summed E-state index contributed by atoms with van der Waals surface area (Å²) in [7, 11) is 0. The molecule has 1 amide bonds. The predicted octanol–water partition coefficient (Wildman–Crippen LogP) is 2.76. The molecule has 0 saturated carbocycles. The molecule has 24 heavy (non-hydrogen) atoms. The zero-order valence-corrected chi connectivity index (χ0v) is 14.2. The van der Waals surface area contributed by atoms with Gasteiger partial charge in [-0.05, 0) is 43.2 Å². The largest absolute Gasteiger partial charge is 0.329 e. The highest BCUT2D eigenvalue weighted by Crippen LogP contribution is 2.32. The van der Waals surface area contributed by atoms with Crippen molar-refractivity contribution in [2.24, 2.45) is 0 Å². The standard InChI is InChI=1S/C17H18N4O2S/c1-11-6-9-24-16(11)17(23)20-8-3-2-4-13(20)12-10-15(22)21-14(19-12)5-7-18-21/h5-7,9-10,13,18H,2-4,8H2,1H3. The maximum absolute atomic E-state index is 13.0. The van der Waals surface area contributed by atoms with Crippen LogP contribution in [0.15, 0.2) is 34.6 Å². The minimum Gasteiger partial charge on any atom is -0.329 e. The lowest BCUT2D eigenvalue weighted by Crippen LogP contribution is -2.39. The molecule has 1 saturated heterocycles. The van der Waals surface area contributed by atoms with Crippen LogP contribution in [0.4, 0.5) is 0 Å². The van der Waals surface area contributed by atoms with Crippen molar-refractivity contribution in [2.45, 2.75) is 32.2 Å². The van der Waals surface area contributed by atoms with Crippen molar-refractivity contribution in [1.29, 1.82) is 0 Å². The minimum atomic E-state index is -0.148. The van der Waals surface area contributed by atoms with E-state index in [1.165, 1.54) is 15.9 Å². The number of rotatable bonds is 2. The van der Waals surface area contributed by atoms with E-state index in [2.05, 4.69) is 10.1 Å².